The van der Waals surface area contributed by atoms with Crippen LogP contribution in [0.2, 0.25) is 0 Å². The van der Waals surface area contributed by atoms with E-state index in [9.17, 15) is 0 Å². The predicted molar refractivity (Wildman–Crippen MR) is 132 cm³/mol. The van der Waals surface area contributed by atoms with Crippen molar-refractivity contribution in [3.8, 4) is 33.4 Å². The smallest absolute Gasteiger partial charge is 0.0390 e. The number of benzene rings is 5. The number of nitrogens with one attached hydrogen (secondary N) is 1. The van der Waals surface area contributed by atoms with Gasteiger partial charge in [0.05, 0.1) is 0 Å². The van der Waals surface area contributed by atoms with E-state index >= 15 is 0 Å². The molecule has 5 aromatic rings. The van der Waals surface area contributed by atoms with Gasteiger partial charge in [0, 0.05) is 11.4 Å². The second-order valence-corrected chi connectivity index (χ2v) is 7.59. The third kappa shape index (κ3) is 4.41. The standard InChI is InChI=1S/C30H23N/c1-3-8-23(9-4-1)25-14-16-27(17-15-25)28-12-7-13-30(22-28)31-29-20-18-26(19-21-29)24-10-5-2-6-11-24/h1-22,31H. The van der Waals surface area contributed by atoms with Gasteiger partial charge in [0.15, 0.2) is 0 Å². The van der Waals surface area contributed by atoms with Crippen LogP contribution in [0.25, 0.3) is 33.4 Å². The van der Waals surface area contributed by atoms with E-state index in [1.54, 1.807) is 0 Å². The summed E-state index contributed by atoms with van der Waals surface area (Å²) in [4.78, 5) is 0. The quantitative estimate of drug-likeness (QED) is 0.314. The molecule has 1 nitrogen and oxygen atoms in total. The van der Waals surface area contributed by atoms with Crippen molar-refractivity contribution in [2.24, 2.45) is 0 Å². The SMILES string of the molecule is c1ccc(-c2ccc(Nc3cccc(-c4ccc(-c5ccccc5)cc4)c3)cc2)cc1. The Morgan fingerprint density at radius 3 is 1.26 bits per heavy atom. The summed E-state index contributed by atoms with van der Waals surface area (Å²) in [7, 11) is 0. The average Bonchev–Trinajstić information content (AvgIpc) is 2.86. The summed E-state index contributed by atoms with van der Waals surface area (Å²) in [6.45, 7) is 0. The van der Waals surface area contributed by atoms with Crippen LogP contribution < -0.4 is 5.32 Å². The maximum absolute atomic E-state index is 3.53. The zero-order chi connectivity index (χ0) is 20.9. The average molecular weight is 398 g/mol. The van der Waals surface area contributed by atoms with E-state index in [0.29, 0.717) is 0 Å². The van der Waals surface area contributed by atoms with Gasteiger partial charge >= 0.3 is 0 Å². The molecule has 1 heteroatoms. The van der Waals surface area contributed by atoms with Crippen LogP contribution in [0.5, 0.6) is 0 Å². The predicted octanol–water partition coefficient (Wildman–Crippen LogP) is 8.43. The van der Waals surface area contributed by atoms with Gasteiger partial charge in [0.25, 0.3) is 0 Å². The molecule has 0 amide bonds. The van der Waals surface area contributed by atoms with Crippen molar-refractivity contribution < 1.29 is 0 Å². The van der Waals surface area contributed by atoms with Gasteiger partial charge in [-0.2, -0.15) is 0 Å². The van der Waals surface area contributed by atoms with Crippen LogP contribution in [0.15, 0.2) is 133 Å². The second kappa shape index (κ2) is 8.73. The molecule has 0 saturated heterocycles. The van der Waals surface area contributed by atoms with Gasteiger partial charge < -0.3 is 5.32 Å². The first-order chi connectivity index (χ1) is 15.3. The van der Waals surface area contributed by atoms with E-state index in [1.165, 1.54) is 33.4 Å². The van der Waals surface area contributed by atoms with E-state index in [4.69, 9.17) is 0 Å². The molecule has 0 spiro atoms. The van der Waals surface area contributed by atoms with Crippen LogP contribution in [0.4, 0.5) is 11.4 Å². The highest BCUT2D eigenvalue weighted by Crippen LogP contribution is 2.28. The van der Waals surface area contributed by atoms with Gasteiger partial charge in [0.1, 0.15) is 0 Å². The Morgan fingerprint density at radius 2 is 0.710 bits per heavy atom. The summed E-state index contributed by atoms with van der Waals surface area (Å²) < 4.78 is 0. The van der Waals surface area contributed by atoms with E-state index in [1.807, 2.05) is 12.1 Å². The van der Waals surface area contributed by atoms with Gasteiger partial charge in [-0.25, -0.2) is 0 Å². The minimum Gasteiger partial charge on any atom is -0.356 e. The van der Waals surface area contributed by atoms with Gasteiger partial charge in [-0.1, -0.05) is 109 Å². The summed E-state index contributed by atoms with van der Waals surface area (Å²) in [5.41, 5.74) is 9.50. The lowest BCUT2D eigenvalue weighted by Crippen LogP contribution is -1.91. The molecule has 0 atom stereocenters. The minimum absolute atomic E-state index is 1.08. The maximum Gasteiger partial charge on any atom is 0.0390 e. The first-order valence-electron chi connectivity index (χ1n) is 10.5. The monoisotopic (exact) mass is 397 g/mol. The summed E-state index contributed by atoms with van der Waals surface area (Å²) >= 11 is 0. The number of anilines is 2. The Bertz CT molecular complexity index is 1260. The Morgan fingerprint density at radius 1 is 0.290 bits per heavy atom. The zero-order valence-electron chi connectivity index (χ0n) is 17.2. The highest BCUT2D eigenvalue weighted by atomic mass is 14.9. The second-order valence-electron chi connectivity index (χ2n) is 7.59. The maximum atomic E-state index is 3.53. The molecule has 5 aromatic carbocycles. The molecule has 0 heterocycles. The van der Waals surface area contributed by atoms with E-state index < -0.39 is 0 Å². The fourth-order valence-corrected chi connectivity index (χ4v) is 3.81. The summed E-state index contributed by atoms with van der Waals surface area (Å²) in [5.74, 6) is 0. The van der Waals surface area contributed by atoms with Crippen molar-refractivity contribution in [2.75, 3.05) is 5.32 Å². The van der Waals surface area contributed by atoms with Crippen molar-refractivity contribution in [3.63, 3.8) is 0 Å². The number of rotatable bonds is 5. The Balaban J connectivity index is 1.33. The van der Waals surface area contributed by atoms with E-state index in [-0.39, 0.29) is 0 Å². The van der Waals surface area contributed by atoms with Crippen molar-refractivity contribution in [1.29, 1.82) is 0 Å². The number of hydrogen-bond donors (Lipinski definition) is 1. The van der Waals surface area contributed by atoms with Crippen molar-refractivity contribution in [1.82, 2.24) is 0 Å². The lowest BCUT2D eigenvalue weighted by molar-refractivity contribution is 1.53. The molecule has 1 N–H and O–H groups in total. The molecular formula is C30H23N. The molecule has 0 bridgehead atoms. The van der Waals surface area contributed by atoms with Crippen LogP contribution in [0, 0.1) is 0 Å². The van der Waals surface area contributed by atoms with Crippen molar-refractivity contribution >= 4 is 11.4 Å². The van der Waals surface area contributed by atoms with Crippen molar-refractivity contribution in [3.05, 3.63) is 133 Å². The minimum atomic E-state index is 1.08. The third-order valence-electron chi connectivity index (χ3n) is 5.47. The molecular weight excluding hydrogens is 374 g/mol. The van der Waals surface area contributed by atoms with Crippen molar-refractivity contribution in [2.45, 2.75) is 0 Å². The van der Waals surface area contributed by atoms with Gasteiger partial charge in [-0.05, 0) is 57.6 Å². The molecule has 0 aliphatic heterocycles. The molecule has 0 aromatic heterocycles. The Labute approximate surface area is 183 Å². The van der Waals surface area contributed by atoms with Crippen LogP contribution >= 0.6 is 0 Å². The molecule has 0 radical (unpaired) electrons. The Kier molecular flexibility index (Phi) is 5.32. The van der Waals surface area contributed by atoms with E-state index in [2.05, 4.69) is 127 Å². The zero-order valence-corrected chi connectivity index (χ0v) is 17.2. The van der Waals surface area contributed by atoms with Gasteiger partial charge in [0.2, 0.25) is 0 Å². The molecule has 31 heavy (non-hydrogen) atoms. The third-order valence-corrected chi connectivity index (χ3v) is 5.47. The van der Waals surface area contributed by atoms with Gasteiger partial charge in [-0.3, -0.25) is 0 Å². The Hall–Kier alpha value is -4.10. The molecule has 0 aliphatic carbocycles. The fraction of sp³-hybridized carbons (Fsp3) is 0. The molecule has 0 aliphatic rings. The molecule has 0 unspecified atom stereocenters. The van der Waals surface area contributed by atoms with Crippen LogP contribution in [0.3, 0.4) is 0 Å². The number of hydrogen-bond acceptors (Lipinski definition) is 1. The van der Waals surface area contributed by atoms with Crippen LogP contribution in [-0.4, -0.2) is 0 Å². The summed E-state index contributed by atoms with van der Waals surface area (Å²) in [6, 6.07) is 46.8. The molecule has 0 fully saturated rings. The fourth-order valence-electron chi connectivity index (χ4n) is 3.81. The molecule has 0 saturated carbocycles. The topological polar surface area (TPSA) is 12.0 Å². The molecule has 148 valence electrons. The van der Waals surface area contributed by atoms with Gasteiger partial charge in [-0.15, -0.1) is 0 Å². The first kappa shape index (κ1) is 18.9. The first-order valence-corrected chi connectivity index (χ1v) is 10.5. The lowest BCUT2D eigenvalue weighted by atomic mass is 10.00. The van der Waals surface area contributed by atoms with Crippen LogP contribution in [-0.2, 0) is 0 Å². The van der Waals surface area contributed by atoms with E-state index in [0.717, 1.165) is 11.4 Å². The lowest BCUT2D eigenvalue weighted by Gasteiger charge is -2.10. The highest BCUT2D eigenvalue weighted by Gasteiger charge is 2.03. The summed E-state index contributed by atoms with van der Waals surface area (Å²) in [5, 5.41) is 3.53. The largest absolute Gasteiger partial charge is 0.356 e. The summed E-state index contributed by atoms with van der Waals surface area (Å²) in [6.07, 6.45) is 0. The van der Waals surface area contributed by atoms with Crippen LogP contribution in [0.1, 0.15) is 0 Å². The molecule has 5 rings (SSSR count). The normalized spacial score (nSPS) is 10.6. The highest BCUT2D eigenvalue weighted by molar-refractivity contribution is 5.74.